The second kappa shape index (κ2) is 5.31. The van der Waals surface area contributed by atoms with Crippen molar-refractivity contribution in [3.63, 3.8) is 0 Å². The molecule has 84 valence electrons. The van der Waals surface area contributed by atoms with Gasteiger partial charge < -0.3 is 0 Å². The molecule has 0 amide bonds. The number of benzene rings is 1. The van der Waals surface area contributed by atoms with E-state index in [0.717, 1.165) is 10.0 Å². The van der Waals surface area contributed by atoms with E-state index in [0.29, 0.717) is 10.8 Å². The summed E-state index contributed by atoms with van der Waals surface area (Å²) >= 11 is 9.26. The van der Waals surface area contributed by atoms with Crippen LogP contribution in [0.3, 0.4) is 0 Å². The van der Waals surface area contributed by atoms with E-state index in [1.54, 1.807) is 12.1 Å². The highest BCUT2D eigenvalue weighted by atomic mass is 79.9. The fourth-order valence-electron chi connectivity index (χ4n) is 1.57. The molecule has 0 saturated heterocycles. The van der Waals surface area contributed by atoms with Gasteiger partial charge in [0.05, 0.1) is 11.8 Å². The first-order valence-corrected chi connectivity index (χ1v) is 6.16. The molecule has 0 aliphatic carbocycles. The molecule has 0 radical (unpaired) electrons. The monoisotopic (exact) mass is 306 g/mol. The molecule has 0 N–H and O–H groups in total. The Balaban J connectivity index is 2.51. The number of hydrogen-bond acceptors (Lipinski definition) is 2. The molecule has 17 heavy (non-hydrogen) atoms. The maximum atomic E-state index is 9.29. The maximum Gasteiger partial charge on any atom is 0.129 e. The standard InChI is InChI=1S/C13H8BrClN2/c14-11-6-7-12(15)17-13(11)10(8-16)9-4-2-1-3-5-9/h1-7,10H. The Morgan fingerprint density at radius 3 is 2.53 bits per heavy atom. The van der Waals surface area contributed by atoms with Gasteiger partial charge in [0, 0.05) is 4.47 Å². The van der Waals surface area contributed by atoms with Gasteiger partial charge in [-0.3, -0.25) is 0 Å². The predicted molar refractivity (Wildman–Crippen MR) is 70.8 cm³/mol. The van der Waals surface area contributed by atoms with E-state index in [-0.39, 0.29) is 0 Å². The first kappa shape index (κ1) is 12.1. The van der Waals surface area contributed by atoms with Crippen LogP contribution in [0.4, 0.5) is 0 Å². The third-order valence-corrected chi connectivity index (χ3v) is 3.26. The summed E-state index contributed by atoms with van der Waals surface area (Å²) in [6, 6.07) is 15.3. The van der Waals surface area contributed by atoms with Crippen molar-refractivity contribution in [3.05, 3.63) is 63.3 Å². The first-order valence-electron chi connectivity index (χ1n) is 4.99. The lowest BCUT2D eigenvalue weighted by molar-refractivity contribution is 0.956. The summed E-state index contributed by atoms with van der Waals surface area (Å²) in [7, 11) is 0. The number of nitrogens with zero attached hydrogens (tertiary/aromatic N) is 2. The molecule has 1 atom stereocenters. The minimum atomic E-state index is -0.413. The Bertz CT molecular complexity index is 563. The Hall–Kier alpha value is -1.37. The number of nitriles is 1. The predicted octanol–water partition coefficient (Wildman–Crippen LogP) is 4.15. The average Bonchev–Trinajstić information content (AvgIpc) is 2.36. The van der Waals surface area contributed by atoms with Gasteiger partial charge in [-0.15, -0.1) is 0 Å². The minimum Gasteiger partial charge on any atom is -0.238 e. The van der Waals surface area contributed by atoms with Gasteiger partial charge in [0.1, 0.15) is 11.1 Å². The van der Waals surface area contributed by atoms with Gasteiger partial charge in [0.2, 0.25) is 0 Å². The van der Waals surface area contributed by atoms with E-state index in [9.17, 15) is 5.26 Å². The lowest BCUT2D eigenvalue weighted by Gasteiger charge is -2.10. The van der Waals surface area contributed by atoms with Crippen LogP contribution in [0, 0.1) is 11.3 Å². The van der Waals surface area contributed by atoms with Crippen LogP contribution in [0.25, 0.3) is 0 Å². The molecule has 0 spiro atoms. The maximum absolute atomic E-state index is 9.29. The molecule has 0 saturated carbocycles. The van der Waals surface area contributed by atoms with Crippen molar-refractivity contribution in [3.8, 4) is 6.07 Å². The third kappa shape index (κ3) is 2.66. The zero-order chi connectivity index (χ0) is 12.3. The zero-order valence-corrected chi connectivity index (χ0v) is 11.1. The fourth-order valence-corrected chi connectivity index (χ4v) is 2.18. The molecule has 1 aromatic heterocycles. The number of halogens is 2. The minimum absolute atomic E-state index is 0.388. The summed E-state index contributed by atoms with van der Waals surface area (Å²) in [4.78, 5) is 4.22. The molecule has 0 aliphatic heterocycles. The number of pyridine rings is 1. The lowest BCUT2D eigenvalue weighted by atomic mass is 9.97. The molecule has 0 fully saturated rings. The van der Waals surface area contributed by atoms with Crippen molar-refractivity contribution < 1.29 is 0 Å². The summed E-state index contributed by atoms with van der Waals surface area (Å²) in [5.74, 6) is -0.413. The van der Waals surface area contributed by atoms with Gasteiger partial charge in [-0.1, -0.05) is 41.9 Å². The van der Waals surface area contributed by atoms with Crippen molar-refractivity contribution in [1.82, 2.24) is 4.98 Å². The zero-order valence-electron chi connectivity index (χ0n) is 8.77. The molecule has 1 heterocycles. The van der Waals surface area contributed by atoms with Crippen molar-refractivity contribution in [2.75, 3.05) is 0 Å². The normalized spacial score (nSPS) is 11.8. The van der Waals surface area contributed by atoms with Crippen molar-refractivity contribution in [2.45, 2.75) is 5.92 Å². The molecule has 2 rings (SSSR count). The molecule has 2 nitrogen and oxygen atoms in total. The van der Waals surface area contributed by atoms with Gasteiger partial charge in [-0.2, -0.15) is 5.26 Å². The van der Waals surface area contributed by atoms with Crippen molar-refractivity contribution in [2.24, 2.45) is 0 Å². The number of rotatable bonds is 2. The summed E-state index contributed by atoms with van der Waals surface area (Å²) in [5.41, 5.74) is 1.55. The van der Waals surface area contributed by atoms with Crippen LogP contribution in [0.1, 0.15) is 17.2 Å². The van der Waals surface area contributed by atoms with Gasteiger partial charge in [-0.05, 0) is 33.6 Å². The van der Waals surface area contributed by atoms with Crippen LogP contribution in [0.2, 0.25) is 5.15 Å². The third-order valence-electron chi connectivity index (χ3n) is 2.37. The molecular formula is C13H8BrClN2. The fraction of sp³-hybridized carbons (Fsp3) is 0.0769. The van der Waals surface area contributed by atoms with Crippen LogP contribution in [0.15, 0.2) is 46.9 Å². The molecule has 0 bridgehead atoms. The van der Waals surface area contributed by atoms with E-state index in [2.05, 4.69) is 27.0 Å². The summed E-state index contributed by atoms with van der Waals surface area (Å²) in [6.45, 7) is 0. The topological polar surface area (TPSA) is 36.7 Å². The summed E-state index contributed by atoms with van der Waals surface area (Å²) in [5, 5.41) is 9.68. The molecule has 4 heteroatoms. The van der Waals surface area contributed by atoms with Crippen LogP contribution >= 0.6 is 27.5 Å². The quantitative estimate of drug-likeness (QED) is 0.781. The Morgan fingerprint density at radius 1 is 1.18 bits per heavy atom. The van der Waals surface area contributed by atoms with Gasteiger partial charge in [0.15, 0.2) is 0 Å². The van der Waals surface area contributed by atoms with E-state index in [4.69, 9.17) is 11.6 Å². The molecular weight excluding hydrogens is 300 g/mol. The molecule has 0 aliphatic rings. The van der Waals surface area contributed by atoms with Crippen LogP contribution in [-0.4, -0.2) is 4.98 Å². The molecule has 1 aromatic carbocycles. The van der Waals surface area contributed by atoms with Gasteiger partial charge >= 0.3 is 0 Å². The summed E-state index contributed by atoms with van der Waals surface area (Å²) < 4.78 is 0.789. The highest BCUT2D eigenvalue weighted by Crippen LogP contribution is 2.29. The molecule has 2 aromatic rings. The van der Waals surface area contributed by atoms with Crippen molar-refractivity contribution >= 4 is 27.5 Å². The van der Waals surface area contributed by atoms with Crippen molar-refractivity contribution in [1.29, 1.82) is 5.26 Å². The number of aromatic nitrogens is 1. The van der Waals surface area contributed by atoms with E-state index in [1.165, 1.54) is 0 Å². The van der Waals surface area contributed by atoms with E-state index >= 15 is 0 Å². The van der Waals surface area contributed by atoms with E-state index < -0.39 is 5.92 Å². The van der Waals surface area contributed by atoms with Gasteiger partial charge in [-0.25, -0.2) is 4.98 Å². The number of hydrogen-bond donors (Lipinski definition) is 0. The van der Waals surface area contributed by atoms with Gasteiger partial charge in [0.25, 0.3) is 0 Å². The van der Waals surface area contributed by atoms with Crippen LogP contribution in [0.5, 0.6) is 0 Å². The second-order valence-corrected chi connectivity index (χ2v) is 4.72. The summed E-state index contributed by atoms with van der Waals surface area (Å²) in [6.07, 6.45) is 0. The van der Waals surface area contributed by atoms with Crippen LogP contribution in [-0.2, 0) is 0 Å². The highest BCUT2D eigenvalue weighted by molar-refractivity contribution is 9.10. The van der Waals surface area contributed by atoms with E-state index in [1.807, 2.05) is 30.3 Å². The Labute approximate surface area is 113 Å². The Morgan fingerprint density at radius 2 is 1.88 bits per heavy atom. The smallest absolute Gasteiger partial charge is 0.129 e. The largest absolute Gasteiger partial charge is 0.238 e. The second-order valence-electron chi connectivity index (χ2n) is 3.47. The Kier molecular flexibility index (Phi) is 3.78. The average molecular weight is 308 g/mol. The van der Waals surface area contributed by atoms with Crippen LogP contribution < -0.4 is 0 Å². The molecule has 1 unspecified atom stereocenters. The highest BCUT2D eigenvalue weighted by Gasteiger charge is 2.18. The first-order chi connectivity index (χ1) is 8.22. The SMILES string of the molecule is N#CC(c1ccccc1)c1nc(Cl)ccc1Br. The lowest BCUT2D eigenvalue weighted by Crippen LogP contribution is -2.02.